The van der Waals surface area contributed by atoms with Gasteiger partial charge in [-0.25, -0.2) is 48.7 Å². The summed E-state index contributed by atoms with van der Waals surface area (Å²) in [6, 6.07) is 25.2. The molecule has 9 N–H and O–H groups in total. The smallest absolute Gasteiger partial charge is 0.410 e. The third kappa shape index (κ3) is 21.3. The number of methoxy groups -OCH3 is 6. The van der Waals surface area contributed by atoms with Gasteiger partial charge in [-0.15, -0.1) is 0 Å². The fraction of sp³-hybridized carbons (Fsp3) is 0.515. The maximum atomic E-state index is 14.2. The zero-order chi connectivity index (χ0) is 97.6. The maximum Gasteiger partial charge on any atom is 0.410 e. The number of likely N-dealkylation sites (tertiary alicyclic amines) is 4. The van der Waals surface area contributed by atoms with Gasteiger partial charge in [0.15, 0.2) is 0 Å². The van der Waals surface area contributed by atoms with Crippen LogP contribution in [0.4, 0.5) is 24.0 Å². The van der Waals surface area contributed by atoms with Gasteiger partial charge in [-0.05, 0) is 175 Å². The van der Waals surface area contributed by atoms with Crippen LogP contribution in [0.25, 0.3) is 88.4 Å². The molecule has 5 unspecified atom stereocenters. The highest BCUT2D eigenvalue weighted by Crippen LogP contribution is 2.48. The van der Waals surface area contributed by atoms with E-state index in [-0.39, 0.29) is 95.3 Å². The van der Waals surface area contributed by atoms with Crippen LogP contribution in [-0.2, 0) is 65.5 Å². The molecule has 10 aromatic rings. The minimum absolute atomic E-state index is 0.0690. The van der Waals surface area contributed by atoms with Crippen LogP contribution in [0.15, 0.2) is 97.3 Å². The molecule has 0 spiro atoms. The SMILES string of the molecule is CCC(C)[C@H](NC(=O)OC)C(=O)N1C[C@@H](C)CC1c1ncc(-c2ccc3c(c2)COc2cc4c(ccc5[nH]c([C@@H]6C[C@H](COC)CN6C(=O)C(NC(=O)OC)[C@@H](C)CC)nc54)cc2-3)[nH]1.CCC(C)[C@H](NC(=O)OC)C(=O)N1C[C@@H](C)CC1c1ncc(-c2ccc3c(c2)COc2cc4c(ccc5[nH]c([C@@H]6C[C@H](COC)CN6C(=O)OC(C)(C)C)nc54)cc2-3)[nH]1.CC[C@H](C)[C@H](NC(=O)OC)C(=O)O. The number of rotatable bonds is 26. The number of imidazole rings is 4. The number of carboxylic acid groups (broad SMARTS) is 1. The highest BCUT2D eigenvalue weighted by molar-refractivity contribution is 6.08. The fourth-order valence-corrected chi connectivity index (χ4v) is 19.5. The van der Waals surface area contributed by atoms with Crippen LogP contribution in [0, 0.1) is 47.3 Å². The Kier molecular flexibility index (Phi) is 30.9. The minimum atomic E-state index is -1.04. The molecule has 35 nitrogen and oxygen atoms in total. The monoisotopic (exact) mass is 1870 g/mol. The van der Waals surface area contributed by atoms with E-state index in [0.29, 0.717) is 83.5 Å². The molecule has 4 aromatic heterocycles. The molecule has 6 aliphatic rings. The first kappa shape index (κ1) is 98.9. The van der Waals surface area contributed by atoms with Gasteiger partial charge in [-0.1, -0.05) is 131 Å². The number of amides is 8. The van der Waals surface area contributed by atoms with Crippen molar-refractivity contribution in [3.63, 3.8) is 0 Å². The molecule has 728 valence electrons. The minimum Gasteiger partial charge on any atom is -0.488 e. The van der Waals surface area contributed by atoms with Crippen molar-refractivity contribution < 1.29 is 90.9 Å². The summed E-state index contributed by atoms with van der Waals surface area (Å²) in [7, 11) is 8.45. The first-order chi connectivity index (χ1) is 65.1. The van der Waals surface area contributed by atoms with E-state index in [0.717, 1.165) is 155 Å². The molecule has 0 aliphatic carbocycles. The van der Waals surface area contributed by atoms with E-state index in [4.69, 9.17) is 62.9 Å². The summed E-state index contributed by atoms with van der Waals surface area (Å²) in [6.45, 7) is 29.3. The second-order valence-corrected chi connectivity index (χ2v) is 38.3. The van der Waals surface area contributed by atoms with Crippen molar-refractivity contribution in [1.29, 1.82) is 0 Å². The lowest BCUT2D eigenvalue weighted by Gasteiger charge is -2.30. The Labute approximate surface area is 791 Å². The van der Waals surface area contributed by atoms with E-state index in [1.54, 1.807) is 26.0 Å². The van der Waals surface area contributed by atoms with Gasteiger partial charge in [0.25, 0.3) is 0 Å². The van der Waals surface area contributed by atoms with Gasteiger partial charge >= 0.3 is 36.4 Å². The molecule has 136 heavy (non-hydrogen) atoms. The lowest BCUT2D eigenvalue weighted by Crippen LogP contribution is -2.51. The number of carboxylic acids is 1. The maximum absolute atomic E-state index is 14.2. The Balaban J connectivity index is 0.000000193. The first-order valence-corrected chi connectivity index (χ1v) is 47.2. The molecule has 6 aromatic carbocycles. The van der Waals surface area contributed by atoms with Gasteiger partial charge in [0.1, 0.15) is 77.8 Å². The number of nitrogens with one attached hydrogen (secondary N) is 8. The van der Waals surface area contributed by atoms with E-state index < -0.39 is 60.1 Å². The average molecular weight is 1870 g/mol. The fourth-order valence-electron chi connectivity index (χ4n) is 19.5. The predicted molar refractivity (Wildman–Crippen MR) is 511 cm³/mol. The van der Waals surface area contributed by atoms with E-state index in [2.05, 4.69) is 133 Å². The third-order valence-electron chi connectivity index (χ3n) is 27.6. The summed E-state index contributed by atoms with van der Waals surface area (Å²) in [5, 5.41) is 23.3. The second-order valence-electron chi connectivity index (χ2n) is 38.3. The van der Waals surface area contributed by atoms with Gasteiger partial charge < -0.3 is 104 Å². The van der Waals surface area contributed by atoms with Gasteiger partial charge in [0.05, 0.1) is 112 Å². The summed E-state index contributed by atoms with van der Waals surface area (Å²) in [6.07, 6.45) is 6.41. The predicted octanol–water partition coefficient (Wildman–Crippen LogP) is 16.8. The van der Waals surface area contributed by atoms with Crippen molar-refractivity contribution in [2.75, 3.05) is 82.1 Å². The summed E-state index contributed by atoms with van der Waals surface area (Å²) in [5.41, 5.74) is 12.6. The molecule has 6 aliphatic heterocycles. The number of hydrogen-bond acceptors (Lipinski definition) is 22. The number of nitrogens with zero attached hydrogens (tertiary/aromatic N) is 8. The van der Waals surface area contributed by atoms with Crippen molar-refractivity contribution in [2.45, 2.75) is 209 Å². The second kappa shape index (κ2) is 42.5. The largest absolute Gasteiger partial charge is 0.488 e. The van der Waals surface area contributed by atoms with Crippen molar-refractivity contribution in [3.05, 3.63) is 132 Å². The highest BCUT2D eigenvalue weighted by Gasteiger charge is 2.47. The first-order valence-electron chi connectivity index (χ1n) is 47.2. The molecule has 35 heteroatoms. The number of ether oxygens (including phenoxy) is 9. The standard InChI is InChI=1S/C48H60N8O8.C45H55N7O7.C8H15NO4/c1-9-26(4)40(53-47(59)62-7)45(57)55-21-25(3)15-37(55)43-49-20-36(51-43)30-11-13-32-31(17-30)24-64-39-19-33-29(18-34(32)39)12-14-35-42(33)52-44(50-35)38-16-28(23-61-6)22-56(38)46(58)41(27(5)10-2)54-48(60)63-8;1-9-25(3)38(50-43(54)57-8)42(53)51-20-24(2)14-35(51)40-46-19-34(48-40)28-10-12-30-29(16-28)23-58-37-18-31-27(17-32(30)37)11-13-33-39(31)49-41(47-33)36-15-26(22-56-7)21-52(36)44(55)59-45(4,5)6;1-4-5(2)6(7(10)11)9-8(12)13-3/h11-14,17-20,25-28,37-38,40-41H,9-10,15-16,21-24H2,1-8H3,(H,49,51)(H,50,52)(H,53,59)(H,54,60);10-13,16-19,24-26,35-36,38H,9,14-15,20-23H2,1-8H3,(H,46,48)(H,47,49)(H,50,54);5-6H,4H2,1-3H3,(H,9,12)(H,10,11)/t25-,26?,27-,28-,37?,38-,40-,41?;24-,25?,26-,35?,36-,38-;5-,6-/m000/s1. The van der Waals surface area contributed by atoms with E-state index in [9.17, 15) is 43.2 Å². The Bertz CT molecular complexity index is 6060. The van der Waals surface area contributed by atoms with E-state index >= 15 is 0 Å². The number of fused-ring (bicyclic) bond motifs is 12. The number of alkyl carbamates (subject to hydrolysis) is 4. The van der Waals surface area contributed by atoms with Crippen LogP contribution in [0.2, 0.25) is 0 Å². The Hall–Kier alpha value is -13.1. The lowest BCUT2D eigenvalue weighted by atomic mass is 9.92. The molecule has 16 rings (SSSR count). The van der Waals surface area contributed by atoms with Gasteiger partial charge in [-0.2, -0.15) is 0 Å². The van der Waals surface area contributed by atoms with Crippen LogP contribution in [0.3, 0.4) is 0 Å². The van der Waals surface area contributed by atoms with Crippen molar-refractivity contribution in [1.82, 2.24) is 80.7 Å². The quantitative estimate of drug-likeness (QED) is 0.0227. The molecular formula is C101H130N16O19. The molecule has 4 fully saturated rings. The van der Waals surface area contributed by atoms with E-state index in [1.807, 2.05) is 108 Å². The zero-order valence-electron chi connectivity index (χ0n) is 81.2. The molecule has 16 atom stereocenters. The molecule has 0 radical (unpaired) electrons. The summed E-state index contributed by atoms with van der Waals surface area (Å²) in [5.74, 6) is 3.32. The number of aromatic nitrogens is 8. The molecular weight excluding hydrogens is 1740 g/mol. The number of benzene rings is 6. The van der Waals surface area contributed by atoms with Gasteiger partial charge in [-0.3, -0.25) is 19.3 Å². The number of aromatic amines is 4. The molecule has 10 heterocycles. The van der Waals surface area contributed by atoms with Gasteiger partial charge in [0, 0.05) is 74.1 Å². The zero-order valence-corrected chi connectivity index (χ0v) is 81.2. The topological polar surface area (TPSA) is 433 Å². The molecule has 0 saturated carbocycles. The van der Waals surface area contributed by atoms with Gasteiger partial charge in [0.2, 0.25) is 17.7 Å². The van der Waals surface area contributed by atoms with Crippen molar-refractivity contribution in [2.24, 2.45) is 47.3 Å². The average Bonchev–Trinajstić information content (AvgIpc) is 1.58. The van der Waals surface area contributed by atoms with Crippen LogP contribution in [0.5, 0.6) is 11.5 Å². The number of carbonyl (C=O) groups is 9. The van der Waals surface area contributed by atoms with Crippen molar-refractivity contribution >= 4 is 97.8 Å². The summed E-state index contributed by atoms with van der Waals surface area (Å²) in [4.78, 5) is 155. The molecule has 4 saturated heterocycles. The number of aliphatic carboxylic acids is 1. The highest BCUT2D eigenvalue weighted by atomic mass is 16.6. The normalized spacial score (nSPS) is 20.5. The van der Waals surface area contributed by atoms with E-state index in [1.165, 1.54) is 28.4 Å². The van der Waals surface area contributed by atoms with Crippen LogP contribution in [-0.4, -0.2) is 231 Å². The number of carbonyl (C=O) groups excluding carboxylic acids is 8. The summed E-state index contributed by atoms with van der Waals surface area (Å²) < 4.78 is 48.6. The lowest BCUT2D eigenvalue weighted by molar-refractivity contribution is -0.141. The third-order valence-corrected chi connectivity index (χ3v) is 27.6. The Morgan fingerprint density at radius 2 is 0.809 bits per heavy atom. The van der Waals surface area contributed by atoms with Crippen LogP contribution >= 0.6 is 0 Å². The van der Waals surface area contributed by atoms with Crippen LogP contribution in [0.1, 0.15) is 200 Å². The number of H-pyrrole nitrogens is 4. The summed E-state index contributed by atoms with van der Waals surface area (Å²) >= 11 is 0. The van der Waals surface area contributed by atoms with Crippen LogP contribution < -0.4 is 30.7 Å². The Morgan fingerprint density at radius 1 is 0.449 bits per heavy atom. The van der Waals surface area contributed by atoms with Crippen molar-refractivity contribution in [3.8, 4) is 56.3 Å². The molecule has 0 bridgehead atoms. The molecule has 8 amide bonds. The Morgan fingerprint density at radius 3 is 1.18 bits per heavy atom. The number of hydrogen-bond donors (Lipinski definition) is 9.